The van der Waals surface area contributed by atoms with Gasteiger partial charge in [0.25, 0.3) is 0 Å². The lowest BCUT2D eigenvalue weighted by atomic mass is 10.0. The van der Waals surface area contributed by atoms with Gasteiger partial charge in [0.1, 0.15) is 5.54 Å². The van der Waals surface area contributed by atoms with E-state index in [0.717, 1.165) is 0 Å². The molecule has 6 heteroatoms. The lowest BCUT2D eigenvalue weighted by Crippen LogP contribution is -2.52. The maximum atomic E-state index is 12.0. The van der Waals surface area contributed by atoms with Gasteiger partial charge in [-0.1, -0.05) is 6.92 Å². The molecule has 0 aromatic carbocycles. The number of carboxylic acid groups (broad SMARTS) is 1. The minimum Gasteiger partial charge on any atom is -0.480 e. The molecule has 0 fully saturated rings. The molecule has 1 N–H and O–H groups in total. The Labute approximate surface area is 110 Å². The number of aliphatic carboxylic acids is 1. The zero-order valence-electron chi connectivity index (χ0n) is 12.1. The third kappa shape index (κ3) is 3.95. The van der Waals surface area contributed by atoms with Gasteiger partial charge in [0.2, 0.25) is 0 Å². The van der Waals surface area contributed by atoms with Crippen LogP contribution in [-0.4, -0.2) is 53.5 Å². The predicted octanol–water partition coefficient (Wildman–Crippen LogP) is 1.38. The molecule has 0 aromatic rings. The smallest absolute Gasteiger partial charge is 0.323 e. The number of rotatable bonds is 6. The van der Waals surface area contributed by atoms with Crippen LogP contribution in [0.4, 0.5) is 0 Å². The summed E-state index contributed by atoms with van der Waals surface area (Å²) in [4.78, 5) is 12.8. The van der Waals surface area contributed by atoms with Crippen molar-refractivity contribution in [3.8, 4) is 0 Å². The Morgan fingerprint density at radius 2 is 1.61 bits per heavy atom. The van der Waals surface area contributed by atoms with Gasteiger partial charge in [-0.25, -0.2) is 8.42 Å². The highest BCUT2D eigenvalue weighted by Crippen LogP contribution is 2.19. The maximum Gasteiger partial charge on any atom is 0.323 e. The molecular weight excluding hydrogens is 254 g/mol. The Morgan fingerprint density at radius 3 is 1.89 bits per heavy atom. The van der Waals surface area contributed by atoms with Crippen LogP contribution in [0.2, 0.25) is 0 Å². The monoisotopic (exact) mass is 279 g/mol. The Morgan fingerprint density at radius 1 is 1.17 bits per heavy atom. The average Bonchev–Trinajstić information content (AvgIpc) is 2.15. The molecule has 0 aliphatic rings. The number of hydrogen-bond donors (Lipinski definition) is 1. The Kier molecular flexibility index (Phi) is 5.38. The maximum absolute atomic E-state index is 12.0. The highest BCUT2D eigenvalue weighted by atomic mass is 32.2. The van der Waals surface area contributed by atoms with E-state index in [1.807, 2.05) is 6.92 Å². The molecule has 0 saturated carbocycles. The van der Waals surface area contributed by atoms with Crippen molar-refractivity contribution in [2.45, 2.75) is 51.8 Å². The summed E-state index contributed by atoms with van der Waals surface area (Å²) in [6, 6.07) is 0. The summed E-state index contributed by atoms with van der Waals surface area (Å²) in [5.41, 5.74) is -1.05. The molecule has 0 aromatic heterocycles. The second-order valence-electron chi connectivity index (χ2n) is 5.88. The highest BCUT2D eigenvalue weighted by molar-refractivity contribution is 7.92. The fourth-order valence-electron chi connectivity index (χ4n) is 1.50. The molecule has 0 rings (SSSR count). The van der Waals surface area contributed by atoms with Gasteiger partial charge >= 0.3 is 5.97 Å². The van der Waals surface area contributed by atoms with Crippen LogP contribution in [0.3, 0.4) is 0 Å². The van der Waals surface area contributed by atoms with Crippen LogP contribution in [0, 0.1) is 0 Å². The van der Waals surface area contributed by atoms with Crippen LogP contribution < -0.4 is 0 Å². The topological polar surface area (TPSA) is 74.7 Å². The normalized spacial score (nSPS) is 13.9. The summed E-state index contributed by atoms with van der Waals surface area (Å²) >= 11 is 0. The van der Waals surface area contributed by atoms with Gasteiger partial charge < -0.3 is 5.11 Å². The van der Waals surface area contributed by atoms with Gasteiger partial charge in [0.15, 0.2) is 9.84 Å². The van der Waals surface area contributed by atoms with E-state index in [9.17, 15) is 13.2 Å². The molecule has 0 bridgehead atoms. The number of nitrogens with zero attached hydrogens (tertiary/aromatic N) is 1. The van der Waals surface area contributed by atoms with Crippen molar-refractivity contribution < 1.29 is 18.3 Å². The molecule has 0 radical (unpaired) electrons. The fraction of sp³-hybridized carbons (Fsp3) is 0.917. The van der Waals surface area contributed by atoms with Gasteiger partial charge in [0, 0.05) is 6.54 Å². The van der Waals surface area contributed by atoms with Crippen molar-refractivity contribution in [1.82, 2.24) is 4.90 Å². The molecule has 0 atom stereocenters. The molecule has 0 saturated heterocycles. The minimum atomic E-state index is -3.22. The molecule has 108 valence electrons. The van der Waals surface area contributed by atoms with E-state index in [0.29, 0.717) is 6.54 Å². The summed E-state index contributed by atoms with van der Waals surface area (Å²) in [5.74, 6) is -0.973. The summed E-state index contributed by atoms with van der Waals surface area (Å²) in [5, 5.41) is 9.14. The third-order valence-electron chi connectivity index (χ3n) is 3.26. The van der Waals surface area contributed by atoms with Crippen LogP contribution in [0.15, 0.2) is 0 Å². The number of likely N-dealkylation sites (N-methyl/N-ethyl adjacent to an activating group) is 1. The lowest BCUT2D eigenvalue weighted by Gasteiger charge is -2.34. The SMILES string of the molecule is CCN(CCS(=O)(=O)C(C)(C)C)C(C)(C)C(=O)O. The fourth-order valence-corrected chi connectivity index (χ4v) is 2.58. The average molecular weight is 279 g/mol. The second-order valence-corrected chi connectivity index (χ2v) is 8.74. The minimum absolute atomic E-state index is 0.0267. The van der Waals surface area contributed by atoms with Crippen molar-refractivity contribution in [3.63, 3.8) is 0 Å². The summed E-state index contributed by atoms with van der Waals surface area (Å²) < 4.78 is 23.2. The number of carbonyl (C=O) groups is 1. The molecule has 18 heavy (non-hydrogen) atoms. The van der Waals surface area contributed by atoms with E-state index in [2.05, 4.69) is 0 Å². The number of hydrogen-bond acceptors (Lipinski definition) is 4. The molecule has 0 heterocycles. The molecule has 5 nitrogen and oxygen atoms in total. The Bertz CT molecular complexity index is 393. The molecular formula is C12H25NO4S. The molecule has 0 spiro atoms. The second kappa shape index (κ2) is 5.57. The summed E-state index contributed by atoms with van der Waals surface area (Å²) in [6.07, 6.45) is 0. The molecule has 0 unspecified atom stereocenters. The van der Waals surface area contributed by atoms with Crippen LogP contribution in [0.1, 0.15) is 41.5 Å². The number of carboxylic acids is 1. The highest BCUT2D eigenvalue weighted by Gasteiger charge is 2.36. The van der Waals surface area contributed by atoms with Crippen molar-refractivity contribution >= 4 is 15.8 Å². The van der Waals surface area contributed by atoms with E-state index in [4.69, 9.17) is 5.11 Å². The van der Waals surface area contributed by atoms with Crippen molar-refractivity contribution in [1.29, 1.82) is 0 Å². The van der Waals surface area contributed by atoms with E-state index < -0.39 is 26.1 Å². The van der Waals surface area contributed by atoms with E-state index in [1.54, 1.807) is 39.5 Å². The van der Waals surface area contributed by atoms with E-state index in [1.165, 1.54) is 0 Å². The quantitative estimate of drug-likeness (QED) is 0.795. The van der Waals surface area contributed by atoms with Crippen LogP contribution >= 0.6 is 0 Å². The van der Waals surface area contributed by atoms with Gasteiger partial charge in [-0.3, -0.25) is 9.69 Å². The number of sulfone groups is 1. The van der Waals surface area contributed by atoms with Gasteiger partial charge in [-0.15, -0.1) is 0 Å². The van der Waals surface area contributed by atoms with Crippen molar-refractivity contribution in [2.75, 3.05) is 18.8 Å². The van der Waals surface area contributed by atoms with Gasteiger partial charge in [-0.05, 0) is 41.2 Å². The first kappa shape index (κ1) is 17.4. The zero-order chi connectivity index (χ0) is 14.8. The van der Waals surface area contributed by atoms with Crippen LogP contribution in [-0.2, 0) is 14.6 Å². The first-order valence-electron chi connectivity index (χ1n) is 6.07. The molecule has 0 aliphatic carbocycles. The molecule has 0 amide bonds. The Balaban J connectivity index is 4.86. The van der Waals surface area contributed by atoms with Gasteiger partial charge in [-0.2, -0.15) is 0 Å². The van der Waals surface area contributed by atoms with Crippen molar-refractivity contribution in [3.05, 3.63) is 0 Å². The first-order chi connectivity index (χ1) is 7.86. The summed E-state index contributed by atoms with van der Waals surface area (Å²) in [7, 11) is -3.22. The van der Waals surface area contributed by atoms with Crippen LogP contribution in [0.5, 0.6) is 0 Å². The first-order valence-corrected chi connectivity index (χ1v) is 7.72. The third-order valence-corrected chi connectivity index (χ3v) is 5.84. The van der Waals surface area contributed by atoms with Gasteiger partial charge in [0.05, 0.1) is 10.5 Å². The van der Waals surface area contributed by atoms with E-state index >= 15 is 0 Å². The van der Waals surface area contributed by atoms with Crippen molar-refractivity contribution in [2.24, 2.45) is 0 Å². The zero-order valence-corrected chi connectivity index (χ0v) is 13.0. The largest absolute Gasteiger partial charge is 0.480 e. The Hall–Kier alpha value is -0.620. The standard InChI is InChI=1S/C12H25NO4S/c1-7-13(12(5,6)10(14)15)8-9-18(16,17)11(2,3)4/h7-9H2,1-6H3,(H,14,15). The summed E-state index contributed by atoms with van der Waals surface area (Å²) in [6.45, 7) is 10.7. The predicted molar refractivity (Wildman–Crippen MR) is 72.5 cm³/mol. The lowest BCUT2D eigenvalue weighted by molar-refractivity contribution is -0.149. The molecule has 0 aliphatic heterocycles. The van der Waals surface area contributed by atoms with E-state index in [-0.39, 0.29) is 12.3 Å². The van der Waals surface area contributed by atoms with Crippen LogP contribution in [0.25, 0.3) is 0 Å².